The minimum atomic E-state index is -0.00730. The Hall–Kier alpha value is -1.18. The van der Waals surface area contributed by atoms with Crippen LogP contribution in [0.25, 0.3) is 0 Å². The zero-order chi connectivity index (χ0) is 19.2. The largest absolute Gasteiger partial charge is 0.497 e. The summed E-state index contributed by atoms with van der Waals surface area (Å²) in [5, 5.41) is 0. The van der Waals surface area contributed by atoms with Crippen LogP contribution in [0.4, 0.5) is 0 Å². The number of unbranched alkanes of at least 4 members (excludes halogenated alkanes) is 1. The van der Waals surface area contributed by atoms with Crippen molar-refractivity contribution in [2.75, 3.05) is 40.8 Å². The first-order chi connectivity index (χ1) is 13.3. The first-order valence-corrected chi connectivity index (χ1v) is 9.86. The molecule has 0 aromatic heterocycles. The molecule has 1 unspecified atom stereocenters. The quantitative estimate of drug-likeness (QED) is 0.359. The third kappa shape index (κ3) is 9.53. The first-order valence-electron chi connectivity index (χ1n) is 9.86. The molecular weight excluding hydrogens is 348 g/mol. The number of benzene rings is 1. The molecule has 0 N–H and O–H groups in total. The standard InChI is InChI=1S/C21H34O6/c1-22-17-27-20(7-3-5-13-25-21-8-4-6-14-26-21)16-24-15-18-9-11-19(23-2)12-10-18/h9-12,20-21H,3-8,13-17H2,1-2H3/t20-,21?/m1/s1. The molecule has 0 amide bonds. The maximum Gasteiger partial charge on any atom is 0.157 e. The van der Waals surface area contributed by atoms with Crippen molar-refractivity contribution in [2.24, 2.45) is 0 Å². The van der Waals surface area contributed by atoms with E-state index in [0.29, 0.717) is 13.2 Å². The van der Waals surface area contributed by atoms with Crippen molar-refractivity contribution in [1.82, 2.24) is 0 Å². The van der Waals surface area contributed by atoms with Gasteiger partial charge in [0.2, 0.25) is 0 Å². The molecule has 1 saturated heterocycles. The van der Waals surface area contributed by atoms with Crippen molar-refractivity contribution < 1.29 is 28.4 Å². The second-order valence-corrected chi connectivity index (χ2v) is 6.72. The van der Waals surface area contributed by atoms with E-state index in [1.807, 2.05) is 24.3 Å². The van der Waals surface area contributed by atoms with Crippen LogP contribution in [0.1, 0.15) is 44.1 Å². The Morgan fingerprint density at radius 2 is 1.96 bits per heavy atom. The molecule has 0 aliphatic carbocycles. The minimum Gasteiger partial charge on any atom is -0.497 e. The smallest absolute Gasteiger partial charge is 0.157 e. The number of hydrogen-bond donors (Lipinski definition) is 0. The van der Waals surface area contributed by atoms with Gasteiger partial charge in [0.05, 0.1) is 26.4 Å². The average molecular weight is 382 g/mol. The SMILES string of the molecule is COCO[C@H](CCCCOC1CCCCO1)COCc1ccc(OC)cc1. The Balaban J connectivity index is 1.59. The van der Waals surface area contributed by atoms with Crippen LogP contribution in [0.2, 0.25) is 0 Å². The van der Waals surface area contributed by atoms with Gasteiger partial charge in [0, 0.05) is 20.3 Å². The van der Waals surface area contributed by atoms with Gasteiger partial charge in [-0.25, -0.2) is 0 Å². The van der Waals surface area contributed by atoms with E-state index in [1.165, 1.54) is 6.42 Å². The highest BCUT2D eigenvalue weighted by molar-refractivity contribution is 5.26. The van der Waals surface area contributed by atoms with Crippen LogP contribution in [0.15, 0.2) is 24.3 Å². The summed E-state index contributed by atoms with van der Waals surface area (Å²) in [5.41, 5.74) is 1.11. The highest BCUT2D eigenvalue weighted by Crippen LogP contribution is 2.15. The van der Waals surface area contributed by atoms with Gasteiger partial charge >= 0.3 is 0 Å². The molecule has 1 aromatic carbocycles. The molecule has 27 heavy (non-hydrogen) atoms. The van der Waals surface area contributed by atoms with Gasteiger partial charge in [-0.05, 0) is 56.2 Å². The van der Waals surface area contributed by atoms with E-state index < -0.39 is 0 Å². The van der Waals surface area contributed by atoms with Gasteiger partial charge in [-0.2, -0.15) is 0 Å². The summed E-state index contributed by atoms with van der Waals surface area (Å²) in [6, 6.07) is 7.89. The molecule has 6 nitrogen and oxygen atoms in total. The second-order valence-electron chi connectivity index (χ2n) is 6.72. The van der Waals surface area contributed by atoms with E-state index in [4.69, 9.17) is 28.4 Å². The van der Waals surface area contributed by atoms with Crippen molar-refractivity contribution in [3.05, 3.63) is 29.8 Å². The van der Waals surface area contributed by atoms with E-state index >= 15 is 0 Å². The maximum absolute atomic E-state index is 5.83. The van der Waals surface area contributed by atoms with Crippen LogP contribution in [0.3, 0.4) is 0 Å². The van der Waals surface area contributed by atoms with Gasteiger partial charge in [0.15, 0.2) is 6.29 Å². The summed E-state index contributed by atoms with van der Waals surface area (Å²) in [6.07, 6.45) is 6.30. The first kappa shape index (κ1) is 22.1. The van der Waals surface area contributed by atoms with Crippen molar-refractivity contribution in [2.45, 2.75) is 57.5 Å². The summed E-state index contributed by atoms with van der Waals surface area (Å²) in [6.45, 7) is 2.93. The van der Waals surface area contributed by atoms with Gasteiger partial charge in [-0.1, -0.05) is 12.1 Å². The lowest BCUT2D eigenvalue weighted by Crippen LogP contribution is -2.23. The van der Waals surface area contributed by atoms with E-state index in [1.54, 1.807) is 14.2 Å². The Bertz CT molecular complexity index is 472. The van der Waals surface area contributed by atoms with E-state index in [9.17, 15) is 0 Å². The summed E-state index contributed by atoms with van der Waals surface area (Å²) < 4.78 is 33.1. The number of ether oxygens (including phenoxy) is 6. The van der Waals surface area contributed by atoms with Crippen LogP contribution >= 0.6 is 0 Å². The summed E-state index contributed by atoms with van der Waals surface area (Å²) in [7, 11) is 3.30. The normalized spacial score (nSPS) is 18.4. The Labute approximate surface area is 163 Å². The van der Waals surface area contributed by atoms with Gasteiger partial charge in [-0.3, -0.25) is 0 Å². The number of methoxy groups -OCH3 is 2. The van der Waals surface area contributed by atoms with Crippen LogP contribution in [0.5, 0.6) is 5.75 Å². The molecule has 2 rings (SSSR count). The molecule has 1 fully saturated rings. The fourth-order valence-electron chi connectivity index (χ4n) is 2.94. The molecule has 6 heteroatoms. The van der Waals surface area contributed by atoms with Crippen LogP contribution in [-0.2, 0) is 30.3 Å². The van der Waals surface area contributed by atoms with Crippen LogP contribution in [0, 0.1) is 0 Å². The number of rotatable bonds is 14. The van der Waals surface area contributed by atoms with E-state index in [0.717, 1.165) is 56.6 Å². The lowest BCUT2D eigenvalue weighted by atomic mass is 10.1. The maximum atomic E-state index is 5.83. The molecule has 0 radical (unpaired) electrons. The summed E-state index contributed by atoms with van der Waals surface area (Å²) >= 11 is 0. The predicted octanol–water partition coefficient (Wildman–Crippen LogP) is 3.91. The monoisotopic (exact) mass is 382 g/mol. The highest BCUT2D eigenvalue weighted by Gasteiger charge is 2.14. The lowest BCUT2D eigenvalue weighted by Gasteiger charge is -2.23. The molecule has 0 spiro atoms. The van der Waals surface area contributed by atoms with Crippen molar-refractivity contribution in [3.8, 4) is 5.75 Å². The molecule has 0 bridgehead atoms. The molecular formula is C21H34O6. The Morgan fingerprint density at radius 3 is 2.67 bits per heavy atom. The molecule has 0 saturated carbocycles. The van der Waals surface area contributed by atoms with Crippen LogP contribution < -0.4 is 4.74 Å². The Kier molecular flexibility index (Phi) is 11.4. The van der Waals surface area contributed by atoms with Gasteiger partial charge in [0.25, 0.3) is 0 Å². The average Bonchev–Trinajstić information content (AvgIpc) is 2.72. The molecule has 154 valence electrons. The third-order valence-electron chi connectivity index (χ3n) is 4.52. The lowest BCUT2D eigenvalue weighted by molar-refractivity contribution is -0.163. The van der Waals surface area contributed by atoms with Crippen molar-refractivity contribution in [1.29, 1.82) is 0 Å². The van der Waals surface area contributed by atoms with Gasteiger partial charge in [-0.15, -0.1) is 0 Å². The predicted molar refractivity (Wildman–Crippen MR) is 103 cm³/mol. The van der Waals surface area contributed by atoms with Gasteiger partial charge < -0.3 is 28.4 Å². The zero-order valence-corrected chi connectivity index (χ0v) is 16.7. The zero-order valence-electron chi connectivity index (χ0n) is 16.7. The third-order valence-corrected chi connectivity index (χ3v) is 4.52. The summed E-state index contributed by atoms with van der Waals surface area (Å²) in [5.74, 6) is 0.848. The Morgan fingerprint density at radius 1 is 1.11 bits per heavy atom. The molecule has 2 atom stereocenters. The van der Waals surface area contributed by atoms with E-state index in [2.05, 4.69) is 0 Å². The molecule has 1 heterocycles. The van der Waals surface area contributed by atoms with E-state index in [-0.39, 0.29) is 19.2 Å². The fourth-order valence-corrected chi connectivity index (χ4v) is 2.94. The fraction of sp³-hybridized carbons (Fsp3) is 0.714. The molecule has 1 aromatic rings. The minimum absolute atomic E-state index is 0.00730. The second kappa shape index (κ2) is 13.9. The van der Waals surface area contributed by atoms with Crippen molar-refractivity contribution >= 4 is 0 Å². The van der Waals surface area contributed by atoms with Crippen molar-refractivity contribution in [3.63, 3.8) is 0 Å². The molecule has 1 aliphatic rings. The number of hydrogen-bond acceptors (Lipinski definition) is 6. The summed E-state index contributed by atoms with van der Waals surface area (Å²) in [4.78, 5) is 0. The van der Waals surface area contributed by atoms with Gasteiger partial charge in [0.1, 0.15) is 12.5 Å². The van der Waals surface area contributed by atoms with Crippen LogP contribution in [-0.4, -0.2) is 53.2 Å². The highest BCUT2D eigenvalue weighted by atomic mass is 16.7. The molecule has 1 aliphatic heterocycles. The topological polar surface area (TPSA) is 55.4 Å².